The maximum absolute atomic E-state index is 10.7. The van der Waals surface area contributed by atoms with Crippen molar-refractivity contribution in [2.75, 3.05) is 23.9 Å². The molecule has 1 aromatic rings. The minimum absolute atomic E-state index is 0.598. The van der Waals surface area contributed by atoms with Crippen LogP contribution in [-0.4, -0.2) is 43.0 Å². The summed E-state index contributed by atoms with van der Waals surface area (Å²) in [6.07, 6.45) is 1.66. The van der Waals surface area contributed by atoms with Gasteiger partial charge in [0.05, 0.1) is 0 Å². The van der Waals surface area contributed by atoms with Gasteiger partial charge in [-0.15, -0.1) is 0 Å². The predicted octanol–water partition coefficient (Wildman–Crippen LogP) is -0.999. The van der Waals surface area contributed by atoms with E-state index in [9.17, 15) is 4.21 Å². The molecule has 0 aliphatic carbocycles. The highest BCUT2D eigenvalue weighted by molar-refractivity contribution is 7.84. The minimum atomic E-state index is -0.774. The molecule has 1 aromatic heterocycles. The Morgan fingerprint density at radius 3 is 2.92 bits per heavy atom. The second-order valence-electron chi connectivity index (χ2n) is 2.33. The molecule has 1 atom stereocenters. The molecule has 68 valence electrons. The summed E-state index contributed by atoms with van der Waals surface area (Å²) >= 11 is 0. The second-order valence-corrected chi connectivity index (χ2v) is 3.88. The third-order valence-electron chi connectivity index (χ3n) is 1.29. The normalized spacial score (nSPS) is 12.8. The zero-order valence-corrected chi connectivity index (χ0v) is 7.84. The largest absolute Gasteiger partial charge is 0.352 e. The van der Waals surface area contributed by atoms with Crippen LogP contribution in [0.1, 0.15) is 0 Å². The van der Waals surface area contributed by atoms with Crippen LogP contribution < -0.4 is 5.32 Å². The molecular formula is C5H11N5OS. The molecule has 0 radical (unpaired) electrons. The first-order valence-electron chi connectivity index (χ1n) is 3.46. The van der Waals surface area contributed by atoms with Crippen LogP contribution in [0.25, 0.3) is 0 Å². The van der Waals surface area contributed by atoms with Crippen molar-refractivity contribution in [1.29, 1.82) is 0 Å². The summed E-state index contributed by atoms with van der Waals surface area (Å²) in [5, 5.41) is 13.7. The fourth-order valence-electron chi connectivity index (χ4n) is 0.686. The predicted molar refractivity (Wildman–Crippen MR) is 46.2 cm³/mol. The zero-order valence-electron chi connectivity index (χ0n) is 7.02. The van der Waals surface area contributed by atoms with E-state index in [1.807, 2.05) is 0 Å². The Morgan fingerprint density at radius 1 is 1.67 bits per heavy atom. The van der Waals surface area contributed by atoms with Gasteiger partial charge in [0.2, 0.25) is 5.95 Å². The molecule has 0 spiro atoms. The molecule has 12 heavy (non-hydrogen) atoms. The molecule has 0 saturated heterocycles. The maximum Gasteiger partial charge on any atom is 0.242 e. The van der Waals surface area contributed by atoms with Crippen LogP contribution in [0.2, 0.25) is 0 Å². The fourth-order valence-corrected chi connectivity index (χ4v) is 1.08. The maximum atomic E-state index is 10.7. The number of hydrogen-bond donors (Lipinski definition) is 1. The highest BCUT2D eigenvalue weighted by Gasteiger charge is 1.99. The highest BCUT2D eigenvalue weighted by atomic mass is 32.2. The molecule has 1 rings (SSSR count). The van der Waals surface area contributed by atoms with Crippen LogP contribution in [0.15, 0.2) is 0 Å². The lowest BCUT2D eigenvalue weighted by Gasteiger charge is -2.00. The van der Waals surface area contributed by atoms with Gasteiger partial charge in [0.25, 0.3) is 0 Å². The first-order valence-corrected chi connectivity index (χ1v) is 5.19. The first-order chi connectivity index (χ1) is 5.70. The molecule has 0 amide bonds. The molecule has 0 bridgehead atoms. The van der Waals surface area contributed by atoms with E-state index in [-0.39, 0.29) is 0 Å². The van der Waals surface area contributed by atoms with Gasteiger partial charge >= 0.3 is 0 Å². The van der Waals surface area contributed by atoms with E-state index in [0.29, 0.717) is 18.2 Å². The van der Waals surface area contributed by atoms with Gasteiger partial charge in [0.15, 0.2) is 0 Å². The number of nitrogens with one attached hydrogen (secondary N) is 1. The molecule has 0 aliphatic rings. The summed E-state index contributed by atoms with van der Waals surface area (Å²) in [5.74, 6) is 1.20. The lowest BCUT2D eigenvalue weighted by Crippen LogP contribution is -2.12. The van der Waals surface area contributed by atoms with Gasteiger partial charge in [-0.1, -0.05) is 5.10 Å². The van der Waals surface area contributed by atoms with Crippen LogP contribution in [0.5, 0.6) is 0 Å². The van der Waals surface area contributed by atoms with Crippen molar-refractivity contribution in [2.24, 2.45) is 7.05 Å². The Hall–Kier alpha value is -0.980. The summed E-state index contributed by atoms with van der Waals surface area (Å²) in [6.45, 7) is 0.622. The first kappa shape index (κ1) is 9.11. The number of tetrazole rings is 1. The number of nitrogens with zero attached hydrogens (tertiary/aromatic N) is 4. The van der Waals surface area contributed by atoms with E-state index in [0.717, 1.165) is 0 Å². The molecular weight excluding hydrogens is 178 g/mol. The van der Waals surface area contributed by atoms with Crippen LogP contribution in [-0.2, 0) is 17.8 Å². The second kappa shape index (κ2) is 4.15. The Morgan fingerprint density at radius 2 is 2.42 bits per heavy atom. The van der Waals surface area contributed by atoms with Gasteiger partial charge < -0.3 is 5.32 Å². The van der Waals surface area contributed by atoms with E-state index in [4.69, 9.17) is 0 Å². The molecule has 0 aromatic carbocycles. The van der Waals surface area contributed by atoms with Gasteiger partial charge in [-0.05, 0) is 10.4 Å². The summed E-state index contributed by atoms with van der Waals surface area (Å²) in [6, 6.07) is 0. The Bertz CT molecular complexity index is 273. The van der Waals surface area contributed by atoms with Gasteiger partial charge in [0.1, 0.15) is 0 Å². The number of hydrogen-bond acceptors (Lipinski definition) is 5. The molecule has 0 fully saturated rings. The van der Waals surface area contributed by atoms with Crippen LogP contribution in [0.3, 0.4) is 0 Å². The molecule has 0 saturated carbocycles. The van der Waals surface area contributed by atoms with Crippen LogP contribution in [0.4, 0.5) is 5.95 Å². The molecule has 1 heterocycles. The van der Waals surface area contributed by atoms with Crippen molar-refractivity contribution in [3.63, 3.8) is 0 Å². The van der Waals surface area contributed by atoms with E-state index < -0.39 is 10.8 Å². The van der Waals surface area contributed by atoms with Crippen LogP contribution >= 0.6 is 0 Å². The molecule has 1 N–H and O–H groups in total. The summed E-state index contributed by atoms with van der Waals surface area (Å²) in [4.78, 5) is 0. The average Bonchev–Trinajstić information content (AvgIpc) is 2.36. The highest BCUT2D eigenvalue weighted by Crippen LogP contribution is 1.93. The molecule has 7 heteroatoms. The standard InChI is InChI=1S/C5H11N5OS/c1-10-5(7-8-9-10)6-3-4-12(2)11/h3-4H2,1-2H3,(H,6,7,9). The fraction of sp³-hybridized carbons (Fsp3) is 0.800. The van der Waals surface area contributed by atoms with E-state index in [1.54, 1.807) is 13.3 Å². The van der Waals surface area contributed by atoms with Crippen molar-refractivity contribution in [3.8, 4) is 0 Å². The van der Waals surface area contributed by atoms with E-state index in [1.165, 1.54) is 4.68 Å². The van der Waals surface area contributed by atoms with Crippen molar-refractivity contribution < 1.29 is 4.21 Å². The van der Waals surface area contributed by atoms with Crippen LogP contribution in [0, 0.1) is 0 Å². The van der Waals surface area contributed by atoms with Gasteiger partial charge in [-0.25, -0.2) is 4.68 Å². The number of aromatic nitrogens is 4. The topological polar surface area (TPSA) is 72.7 Å². The SMILES string of the molecule is Cn1nnnc1NCCS(C)=O. The number of anilines is 1. The van der Waals surface area contributed by atoms with Gasteiger partial charge in [0, 0.05) is 36.4 Å². The third-order valence-corrected chi connectivity index (χ3v) is 2.07. The average molecular weight is 189 g/mol. The summed E-state index contributed by atoms with van der Waals surface area (Å²) in [7, 11) is 0.967. The van der Waals surface area contributed by atoms with Gasteiger partial charge in [-0.3, -0.25) is 4.21 Å². The Kier molecular flexibility index (Phi) is 3.15. The van der Waals surface area contributed by atoms with Crippen molar-refractivity contribution in [1.82, 2.24) is 20.2 Å². The Labute approximate surface area is 72.8 Å². The Balaban J connectivity index is 2.33. The monoisotopic (exact) mass is 189 g/mol. The lowest BCUT2D eigenvalue weighted by molar-refractivity contribution is 0.686. The number of rotatable bonds is 4. The number of aryl methyl sites for hydroxylation is 1. The van der Waals surface area contributed by atoms with E-state index >= 15 is 0 Å². The van der Waals surface area contributed by atoms with Crippen molar-refractivity contribution >= 4 is 16.7 Å². The molecule has 6 nitrogen and oxygen atoms in total. The third kappa shape index (κ3) is 2.57. The minimum Gasteiger partial charge on any atom is -0.352 e. The zero-order chi connectivity index (χ0) is 8.97. The summed E-state index contributed by atoms with van der Waals surface area (Å²) < 4.78 is 12.2. The quantitative estimate of drug-likeness (QED) is 0.657. The van der Waals surface area contributed by atoms with Crippen molar-refractivity contribution in [2.45, 2.75) is 0 Å². The van der Waals surface area contributed by atoms with Crippen molar-refractivity contribution in [3.05, 3.63) is 0 Å². The summed E-state index contributed by atoms with van der Waals surface area (Å²) in [5.41, 5.74) is 0. The lowest BCUT2D eigenvalue weighted by atomic mass is 10.7. The van der Waals surface area contributed by atoms with Gasteiger partial charge in [-0.2, -0.15) is 0 Å². The van der Waals surface area contributed by atoms with E-state index in [2.05, 4.69) is 20.8 Å². The smallest absolute Gasteiger partial charge is 0.242 e. The molecule has 0 aliphatic heterocycles. The molecule has 1 unspecified atom stereocenters.